The van der Waals surface area contributed by atoms with Gasteiger partial charge in [-0.3, -0.25) is 9.36 Å². The molecule has 1 aliphatic heterocycles. The molecule has 2 heterocycles. The fourth-order valence-electron chi connectivity index (χ4n) is 2.99. The smallest absolute Gasteiger partial charge is 0.226 e. The summed E-state index contributed by atoms with van der Waals surface area (Å²) in [4.78, 5) is 16.6. The van der Waals surface area contributed by atoms with Gasteiger partial charge in [-0.1, -0.05) is 36.4 Å². The molecule has 23 heavy (non-hydrogen) atoms. The van der Waals surface area contributed by atoms with Crippen LogP contribution in [0.1, 0.15) is 23.6 Å². The largest absolute Gasteiger partial charge is 0.310 e. The number of nitrogens with zero attached hydrogens (tertiary/aromatic N) is 2. The number of carbonyl (C=O) groups is 1. The summed E-state index contributed by atoms with van der Waals surface area (Å²) in [7, 11) is 0. The van der Waals surface area contributed by atoms with Crippen molar-refractivity contribution in [1.82, 2.24) is 9.55 Å². The summed E-state index contributed by atoms with van der Waals surface area (Å²) in [5, 5.41) is 2.87. The Hall–Kier alpha value is -2.95. The highest BCUT2D eigenvalue weighted by Gasteiger charge is 2.30. The first-order chi connectivity index (χ1) is 11.2. The number of halogens is 1. The normalized spacial score (nSPS) is 16.7. The van der Waals surface area contributed by atoms with Gasteiger partial charge in [0.15, 0.2) is 0 Å². The van der Waals surface area contributed by atoms with Crippen LogP contribution in [0.5, 0.6) is 0 Å². The van der Waals surface area contributed by atoms with Gasteiger partial charge in [-0.05, 0) is 23.8 Å². The second-order valence-electron chi connectivity index (χ2n) is 5.54. The number of fused-ring (bicyclic) bond motifs is 1. The molecule has 1 aliphatic rings. The van der Waals surface area contributed by atoms with E-state index in [2.05, 4.69) is 10.3 Å². The van der Waals surface area contributed by atoms with Crippen LogP contribution in [0.3, 0.4) is 0 Å². The number of aromatic nitrogens is 2. The van der Waals surface area contributed by atoms with E-state index in [1.54, 1.807) is 23.0 Å². The van der Waals surface area contributed by atoms with E-state index in [9.17, 15) is 9.18 Å². The molecule has 1 unspecified atom stereocenters. The van der Waals surface area contributed by atoms with E-state index in [0.29, 0.717) is 17.9 Å². The number of imidazole rings is 1. The van der Waals surface area contributed by atoms with Crippen molar-refractivity contribution in [1.29, 1.82) is 0 Å². The van der Waals surface area contributed by atoms with Gasteiger partial charge in [-0.2, -0.15) is 0 Å². The van der Waals surface area contributed by atoms with Gasteiger partial charge in [0.05, 0.1) is 11.4 Å². The lowest BCUT2D eigenvalue weighted by Gasteiger charge is -2.23. The molecule has 0 saturated carbocycles. The van der Waals surface area contributed by atoms with Gasteiger partial charge >= 0.3 is 0 Å². The maximum Gasteiger partial charge on any atom is 0.226 e. The molecule has 4 nitrogen and oxygen atoms in total. The third-order valence-electron chi connectivity index (χ3n) is 4.06. The Morgan fingerprint density at radius 2 is 1.96 bits per heavy atom. The lowest BCUT2D eigenvalue weighted by Crippen LogP contribution is -2.24. The number of amides is 1. The first kappa shape index (κ1) is 13.7. The molecule has 5 heteroatoms. The van der Waals surface area contributed by atoms with Crippen LogP contribution in [0, 0.1) is 5.82 Å². The second kappa shape index (κ2) is 5.35. The summed E-state index contributed by atoms with van der Waals surface area (Å²) in [6, 6.07) is 16.1. The molecular weight excluding hydrogens is 293 g/mol. The van der Waals surface area contributed by atoms with Crippen LogP contribution in [0.25, 0.3) is 5.69 Å². The summed E-state index contributed by atoms with van der Waals surface area (Å²) >= 11 is 0. The van der Waals surface area contributed by atoms with Gasteiger partial charge in [0.1, 0.15) is 18.0 Å². The minimum Gasteiger partial charge on any atom is -0.310 e. The van der Waals surface area contributed by atoms with Gasteiger partial charge < -0.3 is 5.32 Å². The number of benzene rings is 2. The molecule has 0 fully saturated rings. The molecule has 4 rings (SSSR count). The first-order valence-electron chi connectivity index (χ1n) is 7.40. The number of anilines is 1. The Morgan fingerprint density at radius 1 is 1.13 bits per heavy atom. The van der Waals surface area contributed by atoms with Gasteiger partial charge in [-0.25, -0.2) is 9.37 Å². The fourth-order valence-corrected chi connectivity index (χ4v) is 2.99. The van der Waals surface area contributed by atoms with Crippen molar-refractivity contribution in [3.63, 3.8) is 0 Å². The number of nitrogens with one attached hydrogen (secondary N) is 1. The predicted octanol–water partition coefficient (Wildman–Crippen LogP) is 3.49. The molecule has 1 atom stereocenters. The number of hydrogen-bond acceptors (Lipinski definition) is 2. The quantitative estimate of drug-likeness (QED) is 0.788. The van der Waals surface area contributed by atoms with Gasteiger partial charge in [0, 0.05) is 12.3 Å². The Morgan fingerprint density at radius 3 is 2.74 bits per heavy atom. The monoisotopic (exact) mass is 307 g/mol. The minimum absolute atomic E-state index is 0.0653. The lowest BCUT2D eigenvalue weighted by molar-refractivity contribution is -0.116. The Kier molecular flexibility index (Phi) is 3.19. The van der Waals surface area contributed by atoms with Crippen LogP contribution < -0.4 is 5.32 Å². The van der Waals surface area contributed by atoms with Crippen molar-refractivity contribution < 1.29 is 9.18 Å². The molecule has 0 bridgehead atoms. The van der Waals surface area contributed by atoms with E-state index >= 15 is 0 Å². The summed E-state index contributed by atoms with van der Waals surface area (Å²) in [5.74, 6) is 0.131. The van der Waals surface area contributed by atoms with Crippen LogP contribution >= 0.6 is 0 Å². The van der Waals surface area contributed by atoms with E-state index in [1.165, 1.54) is 12.1 Å². The molecule has 0 aliphatic carbocycles. The molecule has 1 N–H and O–H groups in total. The Balaban J connectivity index is 1.83. The zero-order valence-electron chi connectivity index (χ0n) is 12.2. The van der Waals surface area contributed by atoms with E-state index in [0.717, 1.165) is 11.3 Å². The average Bonchev–Trinajstić information content (AvgIpc) is 2.98. The highest BCUT2D eigenvalue weighted by Crippen LogP contribution is 2.37. The van der Waals surface area contributed by atoms with Crippen molar-refractivity contribution in [2.75, 3.05) is 5.32 Å². The molecule has 0 saturated heterocycles. The lowest BCUT2D eigenvalue weighted by atomic mass is 9.90. The number of carbonyl (C=O) groups excluding carboxylic acids is 1. The molecule has 114 valence electrons. The van der Waals surface area contributed by atoms with Gasteiger partial charge in [0.2, 0.25) is 5.91 Å². The third kappa shape index (κ3) is 2.40. The zero-order valence-corrected chi connectivity index (χ0v) is 12.2. The average molecular weight is 307 g/mol. The summed E-state index contributed by atoms with van der Waals surface area (Å²) in [5.41, 5.74) is 2.49. The van der Waals surface area contributed by atoms with Crippen molar-refractivity contribution in [2.24, 2.45) is 0 Å². The number of rotatable bonds is 2. The van der Waals surface area contributed by atoms with E-state index in [4.69, 9.17) is 0 Å². The molecule has 0 radical (unpaired) electrons. The Bertz CT molecular complexity index is 873. The third-order valence-corrected chi connectivity index (χ3v) is 4.06. The van der Waals surface area contributed by atoms with Gasteiger partial charge in [0.25, 0.3) is 0 Å². The van der Waals surface area contributed by atoms with E-state index in [-0.39, 0.29) is 17.6 Å². The molecular formula is C18H14FN3O. The molecule has 2 aromatic carbocycles. The van der Waals surface area contributed by atoms with Gasteiger partial charge in [-0.15, -0.1) is 0 Å². The maximum atomic E-state index is 13.5. The zero-order chi connectivity index (χ0) is 15.8. The van der Waals surface area contributed by atoms with Crippen LogP contribution in [-0.4, -0.2) is 15.5 Å². The fraction of sp³-hybridized carbons (Fsp3) is 0.111. The van der Waals surface area contributed by atoms with Crippen LogP contribution in [0.4, 0.5) is 10.2 Å². The standard InChI is InChI=1S/C18H14FN3O/c19-13-7-4-8-14(9-13)22-11-20-17-15(10-16(23)21-18(17)22)12-5-2-1-3-6-12/h1-9,11,15H,10H2,(H,21,23). The van der Waals surface area contributed by atoms with Crippen LogP contribution in [-0.2, 0) is 4.79 Å². The second-order valence-corrected chi connectivity index (χ2v) is 5.54. The molecule has 1 amide bonds. The van der Waals surface area contributed by atoms with Crippen molar-refractivity contribution in [2.45, 2.75) is 12.3 Å². The molecule has 3 aromatic rings. The van der Waals surface area contributed by atoms with E-state index < -0.39 is 0 Å². The molecule has 0 spiro atoms. The summed E-state index contributed by atoms with van der Waals surface area (Å²) < 4.78 is 15.2. The summed E-state index contributed by atoms with van der Waals surface area (Å²) in [6.45, 7) is 0. The van der Waals surface area contributed by atoms with Crippen molar-refractivity contribution in [3.8, 4) is 5.69 Å². The summed E-state index contributed by atoms with van der Waals surface area (Å²) in [6.07, 6.45) is 1.98. The maximum absolute atomic E-state index is 13.5. The van der Waals surface area contributed by atoms with Crippen LogP contribution in [0.15, 0.2) is 60.9 Å². The van der Waals surface area contributed by atoms with E-state index in [1.807, 2.05) is 30.3 Å². The Labute approximate surface area is 132 Å². The van der Waals surface area contributed by atoms with Crippen LogP contribution in [0.2, 0.25) is 0 Å². The number of hydrogen-bond donors (Lipinski definition) is 1. The molecule has 1 aromatic heterocycles. The minimum atomic E-state index is -0.327. The van der Waals surface area contributed by atoms with Crippen molar-refractivity contribution in [3.05, 3.63) is 78.0 Å². The highest BCUT2D eigenvalue weighted by molar-refractivity contribution is 5.94. The first-order valence-corrected chi connectivity index (χ1v) is 7.40. The topological polar surface area (TPSA) is 46.9 Å². The SMILES string of the molecule is O=C1CC(c2ccccc2)c2ncn(-c3cccc(F)c3)c2N1. The highest BCUT2D eigenvalue weighted by atomic mass is 19.1. The van der Waals surface area contributed by atoms with Crippen molar-refractivity contribution >= 4 is 11.7 Å². The predicted molar refractivity (Wildman–Crippen MR) is 85.1 cm³/mol.